The van der Waals surface area contributed by atoms with Gasteiger partial charge in [-0.2, -0.15) is 0 Å². The molecule has 2 aromatic carbocycles. The Morgan fingerprint density at radius 2 is 1.71 bits per heavy atom. The number of carboxylic acids is 1. The van der Waals surface area contributed by atoms with Crippen molar-refractivity contribution >= 4 is 34.4 Å². The topological polar surface area (TPSA) is 138 Å². The molecule has 9 nitrogen and oxygen atoms in total. The van der Waals surface area contributed by atoms with Crippen LogP contribution in [0.1, 0.15) is 34.8 Å². The Kier molecular flexibility index (Phi) is 7.74. The second kappa shape index (κ2) is 11.1. The van der Waals surface area contributed by atoms with Gasteiger partial charge in [0, 0.05) is 36.4 Å². The van der Waals surface area contributed by atoms with Crippen molar-refractivity contribution in [2.24, 2.45) is 0 Å². The highest BCUT2D eigenvalue weighted by Crippen LogP contribution is 2.44. The average Bonchev–Trinajstić information content (AvgIpc) is 3.43. The number of aliphatic carboxylic acids is 1. The lowest BCUT2D eigenvalue weighted by molar-refractivity contribution is -0.142. The van der Waals surface area contributed by atoms with E-state index in [4.69, 9.17) is 14.9 Å². The molecular formula is C25H25N3O6S. The van der Waals surface area contributed by atoms with Crippen LogP contribution in [0.25, 0.3) is 11.1 Å². The third-order valence-electron chi connectivity index (χ3n) is 5.76. The average molecular weight is 496 g/mol. The molecule has 1 aliphatic carbocycles. The van der Waals surface area contributed by atoms with Crippen LogP contribution >= 0.6 is 11.3 Å². The minimum absolute atomic E-state index is 0.0426. The smallest absolute Gasteiger partial charge is 0.413 e. The molecular weight excluding hydrogens is 470 g/mol. The zero-order chi connectivity index (χ0) is 24.8. The summed E-state index contributed by atoms with van der Waals surface area (Å²) in [4.78, 5) is 40.4. The molecule has 0 spiro atoms. The van der Waals surface area contributed by atoms with Gasteiger partial charge < -0.3 is 20.3 Å². The Balaban J connectivity index is 1.28. The molecule has 0 saturated heterocycles. The maximum atomic E-state index is 12.4. The molecule has 1 unspecified atom stereocenters. The number of aliphatic hydroxyl groups is 1. The summed E-state index contributed by atoms with van der Waals surface area (Å²) in [6.07, 6.45) is 1.28. The van der Waals surface area contributed by atoms with Crippen LogP contribution < -0.4 is 10.6 Å². The number of hydrogen-bond acceptors (Lipinski definition) is 7. The van der Waals surface area contributed by atoms with Crippen molar-refractivity contribution in [3.63, 3.8) is 0 Å². The van der Waals surface area contributed by atoms with E-state index in [9.17, 15) is 14.4 Å². The Morgan fingerprint density at radius 1 is 1.06 bits per heavy atom. The lowest BCUT2D eigenvalue weighted by Crippen LogP contribution is -2.41. The van der Waals surface area contributed by atoms with Crippen molar-refractivity contribution in [2.45, 2.75) is 31.2 Å². The third kappa shape index (κ3) is 5.84. The van der Waals surface area contributed by atoms with E-state index in [1.165, 1.54) is 11.3 Å². The van der Waals surface area contributed by atoms with Gasteiger partial charge in [-0.1, -0.05) is 48.5 Å². The van der Waals surface area contributed by atoms with Crippen LogP contribution in [-0.2, 0) is 20.7 Å². The molecule has 0 radical (unpaired) electrons. The molecule has 3 aromatic rings. The van der Waals surface area contributed by atoms with Gasteiger partial charge in [0.15, 0.2) is 5.13 Å². The van der Waals surface area contributed by atoms with E-state index < -0.39 is 24.0 Å². The fourth-order valence-electron chi connectivity index (χ4n) is 4.09. The van der Waals surface area contributed by atoms with Gasteiger partial charge in [-0.15, -0.1) is 11.3 Å². The van der Waals surface area contributed by atoms with E-state index in [1.54, 1.807) is 6.20 Å². The van der Waals surface area contributed by atoms with E-state index in [0.29, 0.717) is 11.6 Å². The number of ether oxygens (including phenoxy) is 1. The predicted molar refractivity (Wildman–Crippen MR) is 130 cm³/mol. The second-order valence-corrected chi connectivity index (χ2v) is 9.17. The predicted octanol–water partition coefficient (Wildman–Crippen LogP) is 3.39. The van der Waals surface area contributed by atoms with Crippen LogP contribution in [-0.4, -0.2) is 52.4 Å². The summed E-state index contributed by atoms with van der Waals surface area (Å²) in [6, 6.07) is 15.1. The quantitative estimate of drug-likeness (QED) is 0.338. The van der Waals surface area contributed by atoms with Crippen molar-refractivity contribution in [1.82, 2.24) is 10.3 Å². The number of nitrogens with zero attached hydrogens (tertiary/aromatic N) is 1. The first-order chi connectivity index (χ1) is 17.0. The fourth-order valence-corrected chi connectivity index (χ4v) is 4.89. The van der Waals surface area contributed by atoms with Gasteiger partial charge >= 0.3 is 12.1 Å². The second-order valence-electron chi connectivity index (χ2n) is 8.05. The molecule has 2 amide bonds. The fraction of sp³-hybridized carbons (Fsp3) is 0.280. The van der Waals surface area contributed by atoms with E-state index >= 15 is 0 Å². The van der Waals surface area contributed by atoms with Gasteiger partial charge in [-0.3, -0.25) is 10.1 Å². The normalized spacial score (nSPS) is 12.9. The molecule has 182 valence electrons. The molecule has 0 saturated carbocycles. The van der Waals surface area contributed by atoms with Crippen molar-refractivity contribution in [3.8, 4) is 11.1 Å². The van der Waals surface area contributed by atoms with Crippen LogP contribution in [0.5, 0.6) is 0 Å². The lowest BCUT2D eigenvalue weighted by atomic mass is 9.98. The summed E-state index contributed by atoms with van der Waals surface area (Å²) in [5.41, 5.74) is 4.55. The van der Waals surface area contributed by atoms with Gasteiger partial charge in [-0.05, 0) is 28.7 Å². The van der Waals surface area contributed by atoms with Crippen LogP contribution in [0, 0.1) is 0 Å². The van der Waals surface area contributed by atoms with Crippen molar-refractivity contribution in [1.29, 1.82) is 0 Å². The van der Waals surface area contributed by atoms with E-state index in [-0.39, 0.29) is 32.0 Å². The van der Waals surface area contributed by atoms with Crippen LogP contribution in [0.2, 0.25) is 0 Å². The zero-order valence-corrected chi connectivity index (χ0v) is 19.6. The Hall–Kier alpha value is -3.76. The van der Waals surface area contributed by atoms with Crippen molar-refractivity contribution in [2.75, 3.05) is 18.5 Å². The number of benzene rings is 2. The number of aromatic nitrogens is 1. The van der Waals surface area contributed by atoms with Gasteiger partial charge in [0.25, 0.3) is 0 Å². The van der Waals surface area contributed by atoms with Crippen LogP contribution in [0.15, 0.2) is 54.7 Å². The Bertz CT molecular complexity index is 1180. The van der Waals surface area contributed by atoms with Crippen molar-refractivity contribution < 1.29 is 29.3 Å². The van der Waals surface area contributed by atoms with E-state index in [1.807, 2.05) is 36.4 Å². The summed E-state index contributed by atoms with van der Waals surface area (Å²) >= 11 is 1.21. The minimum Gasteiger partial charge on any atom is -0.480 e. The number of aryl methyl sites for hydroxylation is 1. The van der Waals surface area contributed by atoms with Crippen molar-refractivity contribution in [3.05, 3.63) is 70.7 Å². The third-order valence-corrected chi connectivity index (χ3v) is 6.73. The number of amides is 2. The Labute approximate surface area is 205 Å². The van der Waals surface area contributed by atoms with Gasteiger partial charge in [0.2, 0.25) is 5.91 Å². The van der Waals surface area contributed by atoms with E-state index in [2.05, 4.69) is 27.8 Å². The maximum Gasteiger partial charge on any atom is 0.413 e. The number of carboxylic acid groups (broad SMARTS) is 1. The molecule has 10 heteroatoms. The number of hydrogen-bond donors (Lipinski definition) is 4. The summed E-state index contributed by atoms with van der Waals surface area (Å²) in [5, 5.41) is 23.3. The maximum absolute atomic E-state index is 12.4. The van der Waals surface area contributed by atoms with Crippen LogP contribution in [0.4, 0.5) is 9.93 Å². The zero-order valence-electron chi connectivity index (χ0n) is 18.8. The van der Waals surface area contributed by atoms with Crippen LogP contribution in [0.3, 0.4) is 0 Å². The largest absolute Gasteiger partial charge is 0.480 e. The molecule has 0 bridgehead atoms. The molecule has 0 fully saturated rings. The highest BCUT2D eigenvalue weighted by Gasteiger charge is 2.29. The Morgan fingerprint density at radius 3 is 2.34 bits per heavy atom. The molecule has 35 heavy (non-hydrogen) atoms. The van der Waals surface area contributed by atoms with Gasteiger partial charge in [0.1, 0.15) is 12.6 Å². The number of rotatable bonds is 10. The number of thiazole rings is 1. The number of fused-ring (bicyclic) bond motifs is 3. The first-order valence-electron chi connectivity index (χ1n) is 11.2. The molecule has 1 aromatic heterocycles. The first-order valence-corrected chi connectivity index (χ1v) is 12.0. The number of carbonyl (C=O) groups is 3. The standard InChI is InChI=1S/C25H25N3O6S/c29-12-11-21(23(31)32)27-22(30)10-9-15-13-26-24(35-15)28-25(33)34-14-20-18-7-3-1-5-16(18)17-6-2-4-8-19(17)20/h1-8,13,20-21,29H,9-12,14H2,(H,27,30)(H,31,32)(H,26,28,33). The molecule has 1 heterocycles. The number of anilines is 1. The first kappa shape index (κ1) is 24.4. The highest BCUT2D eigenvalue weighted by molar-refractivity contribution is 7.15. The molecule has 1 aliphatic rings. The monoisotopic (exact) mass is 495 g/mol. The molecule has 0 aliphatic heterocycles. The summed E-state index contributed by atoms with van der Waals surface area (Å²) < 4.78 is 5.52. The SMILES string of the molecule is O=C(CCc1cnc(NC(=O)OCC2c3ccccc3-c3ccccc32)s1)NC(CCO)C(=O)O. The summed E-state index contributed by atoms with van der Waals surface area (Å²) in [6.45, 7) is -0.145. The summed E-state index contributed by atoms with van der Waals surface area (Å²) in [5.74, 6) is -1.68. The lowest BCUT2D eigenvalue weighted by Gasteiger charge is -2.14. The number of carbonyl (C=O) groups excluding carboxylic acids is 2. The summed E-state index contributed by atoms with van der Waals surface area (Å²) in [7, 11) is 0. The highest BCUT2D eigenvalue weighted by atomic mass is 32.1. The minimum atomic E-state index is -1.19. The van der Waals surface area contributed by atoms with Gasteiger partial charge in [-0.25, -0.2) is 14.6 Å². The number of aliphatic hydroxyl groups excluding tert-OH is 1. The molecule has 4 N–H and O–H groups in total. The molecule has 4 rings (SSSR count). The van der Waals surface area contributed by atoms with E-state index in [0.717, 1.165) is 27.1 Å². The molecule has 1 atom stereocenters. The van der Waals surface area contributed by atoms with Gasteiger partial charge in [0.05, 0.1) is 0 Å². The number of nitrogens with one attached hydrogen (secondary N) is 2.